The summed E-state index contributed by atoms with van der Waals surface area (Å²) in [5, 5.41) is 3.42. The molecule has 1 fully saturated rings. The second-order valence-electron chi connectivity index (χ2n) is 5.78. The van der Waals surface area contributed by atoms with Gasteiger partial charge >= 0.3 is 0 Å². The van der Waals surface area contributed by atoms with E-state index in [9.17, 15) is 0 Å². The molecule has 0 bridgehead atoms. The van der Waals surface area contributed by atoms with E-state index in [0.29, 0.717) is 12.6 Å². The van der Waals surface area contributed by atoms with Crippen LogP contribution in [-0.4, -0.2) is 35.6 Å². The molecule has 1 aliphatic heterocycles. The molecule has 3 rings (SSSR count). The van der Waals surface area contributed by atoms with Crippen molar-refractivity contribution in [2.75, 3.05) is 19.6 Å². The van der Waals surface area contributed by atoms with Gasteiger partial charge in [-0.25, -0.2) is 0 Å². The zero-order valence-corrected chi connectivity index (χ0v) is 13.0. The van der Waals surface area contributed by atoms with Gasteiger partial charge in [-0.05, 0) is 36.8 Å². The number of hydrogen-bond acceptors (Lipinski definition) is 4. The molecule has 0 saturated carbocycles. The van der Waals surface area contributed by atoms with Crippen LogP contribution in [0.15, 0.2) is 48.7 Å². The first-order chi connectivity index (χ1) is 10.8. The van der Waals surface area contributed by atoms with Crippen molar-refractivity contribution < 1.29 is 4.74 Å². The second kappa shape index (κ2) is 7.38. The minimum Gasteiger partial charge on any atom is -0.487 e. The molecule has 1 aromatic carbocycles. The molecule has 1 aromatic heterocycles. The smallest absolute Gasteiger partial charge is 0.130 e. The highest BCUT2D eigenvalue weighted by Crippen LogP contribution is 2.16. The van der Waals surface area contributed by atoms with Gasteiger partial charge in [0.1, 0.15) is 12.4 Å². The van der Waals surface area contributed by atoms with Crippen molar-refractivity contribution >= 4 is 0 Å². The van der Waals surface area contributed by atoms with Crippen LogP contribution in [0, 0.1) is 0 Å². The molecule has 1 N–H and O–H groups in total. The molecule has 2 heterocycles. The van der Waals surface area contributed by atoms with E-state index in [4.69, 9.17) is 4.74 Å². The monoisotopic (exact) mass is 297 g/mol. The quantitative estimate of drug-likeness (QED) is 0.920. The molecule has 116 valence electrons. The molecule has 4 nitrogen and oxygen atoms in total. The Morgan fingerprint density at radius 1 is 1.23 bits per heavy atom. The van der Waals surface area contributed by atoms with Crippen molar-refractivity contribution in [1.29, 1.82) is 0 Å². The first kappa shape index (κ1) is 15.0. The Kier molecular flexibility index (Phi) is 5.03. The maximum Gasteiger partial charge on any atom is 0.130 e. The zero-order chi connectivity index (χ0) is 15.2. The van der Waals surface area contributed by atoms with E-state index in [1.807, 2.05) is 30.3 Å². The third-order valence-electron chi connectivity index (χ3n) is 4.06. The lowest BCUT2D eigenvalue weighted by atomic mass is 10.1. The summed E-state index contributed by atoms with van der Waals surface area (Å²) in [6, 6.07) is 14.9. The number of nitrogens with one attached hydrogen (secondary N) is 1. The molecular formula is C18H23N3O. The summed E-state index contributed by atoms with van der Waals surface area (Å²) < 4.78 is 5.77. The number of hydrogen-bond donors (Lipinski definition) is 1. The van der Waals surface area contributed by atoms with Crippen LogP contribution in [0.3, 0.4) is 0 Å². The van der Waals surface area contributed by atoms with Crippen LogP contribution >= 0.6 is 0 Å². The number of nitrogens with zero attached hydrogens (tertiary/aromatic N) is 2. The average Bonchev–Trinajstić information content (AvgIpc) is 2.57. The highest BCUT2D eigenvalue weighted by molar-refractivity contribution is 5.27. The number of pyridine rings is 1. The van der Waals surface area contributed by atoms with Gasteiger partial charge < -0.3 is 10.1 Å². The Bertz CT molecular complexity index is 571. The van der Waals surface area contributed by atoms with Gasteiger partial charge in [0.15, 0.2) is 0 Å². The third-order valence-corrected chi connectivity index (χ3v) is 4.06. The van der Waals surface area contributed by atoms with Crippen LogP contribution < -0.4 is 10.1 Å². The molecule has 0 aliphatic carbocycles. The number of benzene rings is 1. The van der Waals surface area contributed by atoms with Crippen LogP contribution in [0.25, 0.3) is 0 Å². The van der Waals surface area contributed by atoms with Crippen LogP contribution in [0.2, 0.25) is 0 Å². The second-order valence-corrected chi connectivity index (χ2v) is 5.78. The molecule has 0 radical (unpaired) electrons. The number of rotatable bonds is 5. The summed E-state index contributed by atoms with van der Waals surface area (Å²) in [5.74, 6) is 0.891. The Labute approximate surface area is 132 Å². The maximum atomic E-state index is 5.77. The predicted octanol–water partition coefficient (Wildman–Crippen LogP) is 2.45. The summed E-state index contributed by atoms with van der Waals surface area (Å²) in [5.41, 5.74) is 2.28. The molecule has 4 heteroatoms. The fraction of sp³-hybridized carbons (Fsp3) is 0.389. The Morgan fingerprint density at radius 3 is 2.82 bits per heavy atom. The predicted molar refractivity (Wildman–Crippen MR) is 87.8 cm³/mol. The summed E-state index contributed by atoms with van der Waals surface area (Å²) in [7, 11) is 0. The van der Waals surface area contributed by atoms with Crippen molar-refractivity contribution in [3.05, 3.63) is 59.9 Å². The van der Waals surface area contributed by atoms with E-state index in [-0.39, 0.29) is 0 Å². The van der Waals surface area contributed by atoms with E-state index >= 15 is 0 Å². The molecular weight excluding hydrogens is 274 g/mol. The minimum atomic E-state index is 0.509. The Balaban J connectivity index is 1.53. The summed E-state index contributed by atoms with van der Waals surface area (Å²) in [6.45, 7) is 7.05. The Hall–Kier alpha value is -1.91. The van der Waals surface area contributed by atoms with Gasteiger partial charge in [-0.15, -0.1) is 0 Å². The summed E-state index contributed by atoms with van der Waals surface area (Å²) in [4.78, 5) is 6.77. The van der Waals surface area contributed by atoms with E-state index in [1.54, 1.807) is 6.20 Å². The van der Waals surface area contributed by atoms with E-state index < -0.39 is 0 Å². The topological polar surface area (TPSA) is 37.4 Å². The van der Waals surface area contributed by atoms with Gasteiger partial charge in [0.2, 0.25) is 0 Å². The fourth-order valence-corrected chi connectivity index (χ4v) is 2.68. The lowest BCUT2D eigenvalue weighted by molar-refractivity contribution is 0.165. The standard InChI is InChI=1S/C18H23N3O/c1-15-12-19-10-11-21(15)13-16-5-7-18(8-6-16)22-14-17-4-2-3-9-20-17/h2-9,15,19H,10-14H2,1H3/t15-/m1/s1. The first-order valence-corrected chi connectivity index (χ1v) is 7.88. The van der Waals surface area contributed by atoms with Crippen LogP contribution in [0.5, 0.6) is 5.75 Å². The van der Waals surface area contributed by atoms with Crippen LogP contribution in [0.4, 0.5) is 0 Å². The van der Waals surface area contributed by atoms with Gasteiger partial charge in [-0.3, -0.25) is 9.88 Å². The lowest BCUT2D eigenvalue weighted by Crippen LogP contribution is -2.49. The molecule has 1 atom stereocenters. The van der Waals surface area contributed by atoms with Gasteiger partial charge in [0.05, 0.1) is 5.69 Å². The average molecular weight is 297 g/mol. The van der Waals surface area contributed by atoms with Crippen molar-refractivity contribution in [3.63, 3.8) is 0 Å². The van der Waals surface area contributed by atoms with Crippen molar-refractivity contribution in [1.82, 2.24) is 15.2 Å². The van der Waals surface area contributed by atoms with Gasteiger partial charge in [0.25, 0.3) is 0 Å². The van der Waals surface area contributed by atoms with E-state index in [0.717, 1.165) is 37.6 Å². The number of ether oxygens (including phenoxy) is 1. The highest BCUT2D eigenvalue weighted by atomic mass is 16.5. The Morgan fingerprint density at radius 2 is 2.09 bits per heavy atom. The van der Waals surface area contributed by atoms with E-state index in [1.165, 1.54) is 5.56 Å². The normalized spacial score (nSPS) is 19.0. The van der Waals surface area contributed by atoms with Crippen LogP contribution in [-0.2, 0) is 13.2 Å². The highest BCUT2D eigenvalue weighted by Gasteiger charge is 2.17. The summed E-state index contributed by atoms with van der Waals surface area (Å²) in [6.07, 6.45) is 1.79. The molecule has 1 saturated heterocycles. The molecule has 1 aliphatic rings. The number of piperazine rings is 1. The fourth-order valence-electron chi connectivity index (χ4n) is 2.68. The zero-order valence-electron chi connectivity index (χ0n) is 13.0. The minimum absolute atomic E-state index is 0.509. The van der Waals surface area contributed by atoms with Gasteiger partial charge in [-0.1, -0.05) is 18.2 Å². The molecule has 0 spiro atoms. The van der Waals surface area contributed by atoms with Crippen molar-refractivity contribution in [2.24, 2.45) is 0 Å². The molecule has 22 heavy (non-hydrogen) atoms. The van der Waals surface area contributed by atoms with Crippen molar-refractivity contribution in [2.45, 2.75) is 26.1 Å². The first-order valence-electron chi connectivity index (χ1n) is 7.88. The van der Waals surface area contributed by atoms with Gasteiger partial charge in [-0.2, -0.15) is 0 Å². The van der Waals surface area contributed by atoms with Gasteiger partial charge in [0, 0.05) is 38.4 Å². The maximum absolute atomic E-state index is 5.77. The molecule has 0 unspecified atom stereocenters. The lowest BCUT2D eigenvalue weighted by Gasteiger charge is -2.33. The largest absolute Gasteiger partial charge is 0.487 e. The molecule has 2 aromatic rings. The SMILES string of the molecule is C[C@@H]1CNCCN1Cc1ccc(OCc2ccccn2)cc1. The third kappa shape index (κ3) is 4.06. The molecule has 0 amide bonds. The van der Waals surface area contributed by atoms with Crippen LogP contribution in [0.1, 0.15) is 18.2 Å². The van der Waals surface area contributed by atoms with Crippen molar-refractivity contribution in [3.8, 4) is 5.75 Å². The number of aromatic nitrogens is 1. The summed E-state index contributed by atoms with van der Waals surface area (Å²) >= 11 is 0. The van der Waals surface area contributed by atoms with E-state index in [2.05, 4.69) is 34.3 Å².